The molecule has 0 aromatic rings. The number of amides is 1. The molecule has 80 valence electrons. The SMILES string of the molecule is CC.CCCNC(=O)C(N)C(C)C. The third-order valence-electron chi connectivity index (χ3n) is 1.57. The first-order chi connectivity index (χ1) is 6.09. The zero-order chi connectivity index (χ0) is 10.9. The number of carbonyl (C=O) groups is 1. The van der Waals surface area contributed by atoms with Crippen molar-refractivity contribution in [1.29, 1.82) is 0 Å². The van der Waals surface area contributed by atoms with Crippen LogP contribution in [0.4, 0.5) is 0 Å². The predicted molar refractivity (Wildman–Crippen MR) is 57.5 cm³/mol. The smallest absolute Gasteiger partial charge is 0.237 e. The normalized spacial score (nSPS) is 11.6. The maximum absolute atomic E-state index is 11.1. The maximum Gasteiger partial charge on any atom is 0.237 e. The molecule has 0 aliphatic rings. The zero-order valence-corrected chi connectivity index (χ0v) is 9.55. The van der Waals surface area contributed by atoms with Crippen molar-refractivity contribution in [2.24, 2.45) is 11.7 Å². The van der Waals surface area contributed by atoms with Crippen molar-refractivity contribution in [3.63, 3.8) is 0 Å². The largest absolute Gasteiger partial charge is 0.355 e. The van der Waals surface area contributed by atoms with Crippen molar-refractivity contribution in [2.45, 2.75) is 47.1 Å². The van der Waals surface area contributed by atoms with Crippen LogP contribution in [-0.4, -0.2) is 18.5 Å². The Morgan fingerprint density at radius 3 is 2.15 bits per heavy atom. The van der Waals surface area contributed by atoms with Gasteiger partial charge in [-0.1, -0.05) is 34.6 Å². The second kappa shape index (κ2) is 9.52. The summed E-state index contributed by atoms with van der Waals surface area (Å²) >= 11 is 0. The van der Waals surface area contributed by atoms with Gasteiger partial charge in [-0.2, -0.15) is 0 Å². The molecule has 1 unspecified atom stereocenters. The van der Waals surface area contributed by atoms with E-state index in [1.54, 1.807) is 0 Å². The molecule has 0 aromatic heterocycles. The van der Waals surface area contributed by atoms with Gasteiger partial charge < -0.3 is 11.1 Å². The molecule has 0 radical (unpaired) electrons. The zero-order valence-electron chi connectivity index (χ0n) is 9.55. The molecule has 0 aliphatic heterocycles. The molecule has 0 spiro atoms. The summed E-state index contributed by atoms with van der Waals surface area (Å²) in [6.07, 6.45) is 0.955. The van der Waals surface area contributed by atoms with Crippen LogP contribution in [0.3, 0.4) is 0 Å². The number of carbonyl (C=O) groups excluding carboxylic acids is 1. The van der Waals surface area contributed by atoms with E-state index in [1.807, 2.05) is 34.6 Å². The van der Waals surface area contributed by atoms with Gasteiger partial charge in [-0.05, 0) is 12.3 Å². The van der Waals surface area contributed by atoms with Crippen LogP contribution in [0.5, 0.6) is 0 Å². The van der Waals surface area contributed by atoms with Crippen LogP contribution in [0.2, 0.25) is 0 Å². The molecule has 1 atom stereocenters. The molecule has 3 N–H and O–H groups in total. The van der Waals surface area contributed by atoms with Crippen molar-refractivity contribution in [3.8, 4) is 0 Å². The number of rotatable bonds is 4. The summed E-state index contributed by atoms with van der Waals surface area (Å²) in [6, 6.07) is -0.360. The molecular formula is C10H24N2O. The molecule has 0 aromatic carbocycles. The van der Waals surface area contributed by atoms with Gasteiger partial charge in [0.15, 0.2) is 0 Å². The van der Waals surface area contributed by atoms with Gasteiger partial charge in [0, 0.05) is 6.54 Å². The number of hydrogen-bond donors (Lipinski definition) is 2. The Morgan fingerprint density at radius 1 is 1.38 bits per heavy atom. The molecule has 3 nitrogen and oxygen atoms in total. The van der Waals surface area contributed by atoms with E-state index >= 15 is 0 Å². The first-order valence-corrected chi connectivity index (χ1v) is 5.12. The maximum atomic E-state index is 11.1. The number of nitrogens with one attached hydrogen (secondary N) is 1. The molecule has 0 saturated carbocycles. The Kier molecular flexibility index (Phi) is 10.9. The quantitative estimate of drug-likeness (QED) is 0.703. The minimum atomic E-state index is -0.360. The highest BCUT2D eigenvalue weighted by Crippen LogP contribution is 1.97. The minimum Gasteiger partial charge on any atom is -0.355 e. The highest BCUT2D eigenvalue weighted by molar-refractivity contribution is 5.81. The standard InChI is InChI=1S/C8H18N2O.C2H6/c1-4-5-10-8(11)7(9)6(2)3;1-2/h6-7H,4-5,9H2,1-3H3,(H,10,11);1-2H3. The molecule has 0 rings (SSSR count). The molecule has 3 heteroatoms. The monoisotopic (exact) mass is 188 g/mol. The molecule has 0 aliphatic carbocycles. The molecule has 0 bridgehead atoms. The van der Waals surface area contributed by atoms with Gasteiger partial charge in [-0.15, -0.1) is 0 Å². The van der Waals surface area contributed by atoms with E-state index in [-0.39, 0.29) is 17.9 Å². The van der Waals surface area contributed by atoms with E-state index in [0.29, 0.717) is 0 Å². The fraction of sp³-hybridized carbons (Fsp3) is 0.900. The van der Waals surface area contributed by atoms with Gasteiger partial charge >= 0.3 is 0 Å². The molecular weight excluding hydrogens is 164 g/mol. The fourth-order valence-electron chi connectivity index (χ4n) is 0.669. The Hall–Kier alpha value is -0.570. The summed E-state index contributed by atoms with van der Waals surface area (Å²) in [7, 11) is 0. The molecule has 0 heterocycles. The van der Waals surface area contributed by atoms with Crippen LogP contribution < -0.4 is 11.1 Å². The van der Waals surface area contributed by atoms with Crippen molar-refractivity contribution in [1.82, 2.24) is 5.32 Å². The van der Waals surface area contributed by atoms with Crippen LogP contribution in [-0.2, 0) is 4.79 Å². The van der Waals surface area contributed by atoms with Crippen molar-refractivity contribution >= 4 is 5.91 Å². The van der Waals surface area contributed by atoms with Crippen LogP contribution in [0, 0.1) is 5.92 Å². The van der Waals surface area contributed by atoms with Crippen molar-refractivity contribution < 1.29 is 4.79 Å². The van der Waals surface area contributed by atoms with E-state index in [4.69, 9.17) is 5.73 Å². The van der Waals surface area contributed by atoms with E-state index in [9.17, 15) is 4.79 Å². The fourth-order valence-corrected chi connectivity index (χ4v) is 0.669. The number of hydrogen-bond acceptors (Lipinski definition) is 2. The third kappa shape index (κ3) is 7.78. The Bertz CT molecular complexity index is 124. The Labute approximate surface area is 82.1 Å². The average Bonchev–Trinajstić information content (AvgIpc) is 2.16. The minimum absolute atomic E-state index is 0.0400. The summed E-state index contributed by atoms with van der Waals surface area (Å²) in [5, 5.41) is 2.75. The van der Waals surface area contributed by atoms with Crippen LogP contribution in [0.1, 0.15) is 41.0 Å². The molecule has 0 fully saturated rings. The highest BCUT2D eigenvalue weighted by atomic mass is 16.2. The van der Waals surface area contributed by atoms with E-state index in [1.165, 1.54) is 0 Å². The Morgan fingerprint density at radius 2 is 1.85 bits per heavy atom. The molecule has 13 heavy (non-hydrogen) atoms. The second-order valence-corrected chi connectivity index (χ2v) is 3.06. The summed E-state index contributed by atoms with van der Waals surface area (Å²) in [5.74, 6) is 0.175. The van der Waals surface area contributed by atoms with Crippen LogP contribution in [0.15, 0.2) is 0 Å². The van der Waals surface area contributed by atoms with Crippen molar-refractivity contribution in [3.05, 3.63) is 0 Å². The van der Waals surface area contributed by atoms with Gasteiger partial charge in [0.2, 0.25) is 5.91 Å². The van der Waals surface area contributed by atoms with Crippen LogP contribution in [0.25, 0.3) is 0 Å². The predicted octanol–water partition coefficient (Wildman–Crippen LogP) is 1.52. The van der Waals surface area contributed by atoms with E-state index in [0.717, 1.165) is 13.0 Å². The lowest BCUT2D eigenvalue weighted by molar-refractivity contribution is -0.123. The first-order valence-electron chi connectivity index (χ1n) is 5.12. The van der Waals surface area contributed by atoms with Gasteiger partial charge in [0.25, 0.3) is 0 Å². The first kappa shape index (κ1) is 14.9. The Balaban J connectivity index is 0. The van der Waals surface area contributed by atoms with E-state index < -0.39 is 0 Å². The van der Waals surface area contributed by atoms with E-state index in [2.05, 4.69) is 5.32 Å². The third-order valence-corrected chi connectivity index (χ3v) is 1.57. The lowest BCUT2D eigenvalue weighted by atomic mass is 10.1. The van der Waals surface area contributed by atoms with Gasteiger partial charge in [0.1, 0.15) is 0 Å². The topological polar surface area (TPSA) is 55.1 Å². The lowest BCUT2D eigenvalue weighted by Crippen LogP contribution is -2.44. The highest BCUT2D eigenvalue weighted by Gasteiger charge is 2.15. The van der Waals surface area contributed by atoms with Gasteiger partial charge in [0.05, 0.1) is 6.04 Å². The second-order valence-electron chi connectivity index (χ2n) is 3.06. The van der Waals surface area contributed by atoms with Crippen LogP contribution >= 0.6 is 0 Å². The lowest BCUT2D eigenvalue weighted by Gasteiger charge is -2.14. The average molecular weight is 188 g/mol. The summed E-state index contributed by atoms with van der Waals surface area (Å²) in [6.45, 7) is 10.6. The van der Waals surface area contributed by atoms with Crippen molar-refractivity contribution in [2.75, 3.05) is 6.54 Å². The summed E-state index contributed by atoms with van der Waals surface area (Å²) in [4.78, 5) is 11.1. The number of nitrogens with two attached hydrogens (primary N) is 1. The summed E-state index contributed by atoms with van der Waals surface area (Å²) in [5.41, 5.74) is 5.59. The summed E-state index contributed by atoms with van der Waals surface area (Å²) < 4.78 is 0. The molecule has 0 saturated heterocycles. The van der Waals surface area contributed by atoms with Gasteiger partial charge in [-0.25, -0.2) is 0 Å². The molecule has 1 amide bonds. The van der Waals surface area contributed by atoms with Gasteiger partial charge in [-0.3, -0.25) is 4.79 Å².